The first kappa shape index (κ1) is 25.8. The summed E-state index contributed by atoms with van der Waals surface area (Å²) in [6.45, 7) is 1.30. The smallest absolute Gasteiger partial charge is 0.311 e. The largest absolute Gasteiger partial charge is 0.481 e. The fraction of sp³-hybridized carbons (Fsp3) is 0.458. The number of hydrogen-bond acceptors (Lipinski definition) is 6. The molecule has 1 atom stereocenters. The van der Waals surface area contributed by atoms with E-state index >= 15 is 0 Å². The zero-order chi connectivity index (χ0) is 23.8. The number of halogens is 2. The van der Waals surface area contributed by atoms with E-state index in [9.17, 15) is 14.8 Å². The Hall–Kier alpha value is -1.80. The van der Waals surface area contributed by atoms with Crippen molar-refractivity contribution in [3.05, 3.63) is 63.0 Å². The predicted molar refractivity (Wildman–Crippen MR) is 138 cm³/mol. The lowest BCUT2D eigenvalue weighted by Gasteiger charge is -2.37. The van der Waals surface area contributed by atoms with E-state index in [2.05, 4.69) is 14.8 Å². The van der Waals surface area contributed by atoms with E-state index in [1.54, 1.807) is 18.2 Å². The van der Waals surface area contributed by atoms with Crippen LogP contribution in [0.2, 0.25) is 10.0 Å². The molecular formula is C24H29Cl2N3O3S. The quantitative estimate of drug-likeness (QED) is 0.243. The van der Waals surface area contributed by atoms with E-state index in [1.165, 1.54) is 6.42 Å². The number of rotatable bonds is 11. The van der Waals surface area contributed by atoms with Crippen molar-refractivity contribution in [3.8, 4) is 0 Å². The van der Waals surface area contributed by atoms with Crippen LogP contribution in [-0.4, -0.2) is 40.9 Å². The lowest BCUT2D eigenvalue weighted by atomic mass is 9.87. The Balaban J connectivity index is 1.74. The highest BCUT2D eigenvalue weighted by Gasteiger charge is 2.35. The van der Waals surface area contributed by atoms with Gasteiger partial charge in [-0.3, -0.25) is 4.79 Å². The molecule has 178 valence electrons. The molecule has 0 radical (unpaired) electrons. The molecule has 0 heterocycles. The van der Waals surface area contributed by atoms with Gasteiger partial charge in [0.05, 0.1) is 26.4 Å². The maximum atomic E-state index is 12.2. The standard InChI is InChI=1S/C24H29Cl2N3O3S/c1-29(16-24(33-28-32)13-5-2-6-14-24)15-12-18(23(30)31)17-8-3-4-11-21(17)27-22-19(25)9-7-10-20(22)26/h3-4,7-11,18,27H,2,5-6,12-16H2,1H3,(H,30,31). The number of nitroso groups, excluding NO2 is 1. The highest BCUT2D eigenvalue weighted by Crippen LogP contribution is 2.41. The van der Waals surface area contributed by atoms with Crippen molar-refractivity contribution in [1.82, 2.24) is 4.90 Å². The Kier molecular flexibility index (Phi) is 9.44. The normalized spacial score (nSPS) is 16.4. The van der Waals surface area contributed by atoms with Crippen LogP contribution >= 0.6 is 35.1 Å². The minimum absolute atomic E-state index is 0.173. The number of nitrogens with zero attached hydrogens (tertiary/aromatic N) is 2. The molecule has 33 heavy (non-hydrogen) atoms. The molecule has 6 nitrogen and oxygen atoms in total. The van der Waals surface area contributed by atoms with Gasteiger partial charge < -0.3 is 15.3 Å². The molecule has 0 aromatic heterocycles. The molecule has 9 heteroatoms. The molecule has 0 amide bonds. The van der Waals surface area contributed by atoms with Gasteiger partial charge in [0.1, 0.15) is 0 Å². The highest BCUT2D eigenvalue weighted by molar-refractivity contribution is 7.99. The van der Waals surface area contributed by atoms with Gasteiger partial charge >= 0.3 is 5.97 Å². The summed E-state index contributed by atoms with van der Waals surface area (Å²) in [6, 6.07) is 12.5. The van der Waals surface area contributed by atoms with Gasteiger partial charge in [-0.25, -0.2) is 0 Å². The molecule has 1 unspecified atom stereocenters. The fourth-order valence-corrected chi connectivity index (χ4v) is 5.95. The number of aliphatic carboxylic acids is 1. The molecule has 0 saturated heterocycles. The van der Waals surface area contributed by atoms with Gasteiger partial charge in [0.25, 0.3) is 0 Å². The van der Waals surface area contributed by atoms with Gasteiger partial charge in [0, 0.05) is 28.8 Å². The lowest BCUT2D eigenvalue weighted by molar-refractivity contribution is -0.139. The Bertz CT molecular complexity index is 949. The number of carboxylic acids is 1. The number of benzene rings is 2. The van der Waals surface area contributed by atoms with Crippen LogP contribution in [-0.2, 0) is 4.79 Å². The van der Waals surface area contributed by atoms with Crippen molar-refractivity contribution in [3.63, 3.8) is 0 Å². The molecule has 3 rings (SSSR count). The second-order valence-electron chi connectivity index (χ2n) is 8.64. The summed E-state index contributed by atoms with van der Waals surface area (Å²) in [5, 5.41) is 14.2. The van der Waals surface area contributed by atoms with Crippen molar-refractivity contribution >= 4 is 52.5 Å². The molecule has 1 fully saturated rings. The zero-order valence-corrected chi connectivity index (χ0v) is 20.9. The van der Waals surface area contributed by atoms with Crippen molar-refractivity contribution in [1.29, 1.82) is 0 Å². The summed E-state index contributed by atoms with van der Waals surface area (Å²) >= 11 is 13.8. The molecule has 1 saturated carbocycles. The van der Waals surface area contributed by atoms with E-state index in [1.807, 2.05) is 31.3 Å². The third-order valence-electron chi connectivity index (χ3n) is 6.21. The van der Waals surface area contributed by atoms with Gasteiger partial charge in [0.2, 0.25) is 0 Å². The second-order valence-corrected chi connectivity index (χ2v) is 10.6. The summed E-state index contributed by atoms with van der Waals surface area (Å²) < 4.78 is 2.96. The lowest BCUT2D eigenvalue weighted by Crippen LogP contribution is -2.41. The maximum Gasteiger partial charge on any atom is 0.311 e. The van der Waals surface area contributed by atoms with Gasteiger partial charge in [0.15, 0.2) is 0 Å². The minimum atomic E-state index is -0.890. The molecule has 1 aliphatic carbocycles. The monoisotopic (exact) mass is 509 g/mol. The molecule has 2 aromatic carbocycles. The van der Waals surface area contributed by atoms with Crippen LogP contribution in [0.15, 0.2) is 47.0 Å². The van der Waals surface area contributed by atoms with Gasteiger partial charge in [-0.2, -0.15) is 0 Å². The highest BCUT2D eigenvalue weighted by atomic mass is 35.5. The number of nitrogens with one attached hydrogen (secondary N) is 1. The average Bonchev–Trinajstić information content (AvgIpc) is 2.78. The van der Waals surface area contributed by atoms with E-state index < -0.39 is 11.9 Å². The first-order chi connectivity index (χ1) is 15.8. The Labute approximate surface area is 209 Å². The predicted octanol–water partition coefficient (Wildman–Crippen LogP) is 7.34. The van der Waals surface area contributed by atoms with Crippen LogP contribution in [0.25, 0.3) is 0 Å². The first-order valence-electron chi connectivity index (χ1n) is 11.1. The Morgan fingerprint density at radius 2 is 1.82 bits per heavy atom. The number of hydrogen-bond donors (Lipinski definition) is 2. The van der Waals surface area contributed by atoms with Crippen LogP contribution in [0, 0.1) is 4.91 Å². The van der Waals surface area contributed by atoms with Gasteiger partial charge in [-0.15, -0.1) is 4.91 Å². The first-order valence-corrected chi connectivity index (χ1v) is 12.6. The minimum Gasteiger partial charge on any atom is -0.481 e. The van der Waals surface area contributed by atoms with E-state index in [0.29, 0.717) is 46.5 Å². The summed E-state index contributed by atoms with van der Waals surface area (Å²) in [4.78, 5) is 25.4. The second kappa shape index (κ2) is 12.1. The van der Waals surface area contributed by atoms with E-state index in [4.69, 9.17) is 23.2 Å². The van der Waals surface area contributed by atoms with E-state index in [-0.39, 0.29) is 4.75 Å². The third kappa shape index (κ3) is 6.85. The molecule has 0 spiro atoms. The number of para-hydroxylation sites is 2. The molecular weight excluding hydrogens is 481 g/mol. The van der Waals surface area contributed by atoms with Crippen molar-refractivity contribution in [2.75, 3.05) is 25.5 Å². The summed E-state index contributed by atoms with van der Waals surface area (Å²) in [5.41, 5.74) is 1.88. The Morgan fingerprint density at radius 1 is 1.15 bits per heavy atom. The van der Waals surface area contributed by atoms with Gasteiger partial charge in [-0.1, -0.05) is 66.7 Å². The van der Waals surface area contributed by atoms with Crippen molar-refractivity contribution in [2.45, 2.75) is 49.2 Å². The van der Waals surface area contributed by atoms with Crippen LogP contribution in [0.1, 0.15) is 50.0 Å². The van der Waals surface area contributed by atoms with Crippen LogP contribution in [0.5, 0.6) is 0 Å². The summed E-state index contributed by atoms with van der Waals surface area (Å²) in [6.07, 6.45) is 5.72. The third-order valence-corrected chi connectivity index (χ3v) is 7.84. The molecule has 0 aliphatic heterocycles. The number of carboxylic acid groups (broad SMARTS) is 1. The number of carbonyl (C=O) groups is 1. The van der Waals surface area contributed by atoms with Gasteiger partial charge in [-0.05, 0) is 56.6 Å². The average molecular weight is 510 g/mol. The molecule has 0 bridgehead atoms. The molecule has 1 aliphatic rings. The van der Waals surface area contributed by atoms with Crippen LogP contribution in [0.3, 0.4) is 0 Å². The molecule has 2 N–H and O–H groups in total. The van der Waals surface area contributed by atoms with Crippen molar-refractivity contribution in [2.24, 2.45) is 4.58 Å². The summed E-state index contributed by atoms with van der Waals surface area (Å²) in [7, 11) is 1.98. The topological polar surface area (TPSA) is 82.0 Å². The van der Waals surface area contributed by atoms with E-state index in [0.717, 1.165) is 37.6 Å². The SMILES string of the molecule is CN(CCC(C(=O)O)c1ccccc1Nc1c(Cl)cccc1Cl)CC1(SN=O)CCCCC1. The van der Waals surface area contributed by atoms with Crippen LogP contribution in [0.4, 0.5) is 11.4 Å². The maximum absolute atomic E-state index is 12.2. The summed E-state index contributed by atoms with van der Waals surface area (Å²) in [5.74, 6) is -1.60. The molecule has 2 aromatic rings. The van der Waals surface area contributed by atoms with Crippen molar-refractivity contribution < 1.29 is 9.90 Å². The fourth-order valence-electron chi connectivity index (χ4n) is 4.55. The Morgan fingerprint density at radius 3 is 2.45 bits per heavy atom. The number of anilines is 2. The zero-order valence-electron chi connectivity index (χ0n) is 18.6. The van der Waals surface area contributed by atoms with Crippen LogP contribution < -0.4 is 5.32 Å².